The molecule has 0 radical (unpaired) electrons. The van der Waals surface area contributed by atoms with Gasteiger partial charge in [0.1, 0.15) is 11.7 Å². The molecule has 0 aliphatic carbocycles. The van der Waals surface area contributed by atoms with Gasteiger partial charge in [-0.3, -0.25) is 24.2 Å². The highest BCUT2D eigenvalue weighted by Crippen LogP contribution is 2.17. The Bertz CT molecular complexity index is 1340. The van der Waals surface area contributed by atoms with Crippen molar-refractivity contribution in [3.63, 3.8) is 0 Å². The molecule has 0 saturated carbocycles. The summed E-state index contributed by atoms with van der Waals surface area (Å²) in [5.41, 5.74) is 6.86. The minimum absolute atomic E-state index is 0.0618. The van der Waals surface area contributed by atoms with Gasteiger partial charge in [-0.15, -0.1) is 0 Å². The monoisotopic (exact) mass is 559 g/mol. The Hall–Kier alpha value is -4.57. The van der Waals surface area contributed by atoms with E-state index < -0.39 is 47.9 Å². The number of benzene rings is 2. The van der Waals surface area contributed by atoms with E-state index in [0.29, 0.717) is 11.1 Å². The molecule has 0 fully saturated rings. The van der Waals surface area contributed by atoms with E-state index in [4.69, 9.17) is 5.73 Å². The molecule has 0 bridgehead atoms. The highest BCUT2D eigenvalue weighted by Gasteiger charge is 2.30. The summed E-state index contributed by atoms with van der Waals surface area (Å²) >= 11 is 0. The van der Waals surface area contributed by atoms with Crippen molar-refractivity contribution >= 4 is 23.6 Å². The summed E-state index contributed by atoms with van der Waals surface area (Å²) in [6.45, 7) is 5.63. The maximum atomic E-state index is 13.4. The van der Waals surface area contributed by atoms with Crippen LogP contribution in [-0.2, 0) is 22.4 Å². The summed E-state index contributed by atoms with van der Waals surface area (Å²) in [5.74, 6) is -2.40. The van der Waals surface area contributed by atoms with E-state index in [0.717, 1.165) is 5.56 Å². The Morgan fingerprint density at radius 3 is 2.15 bits per heavy atom. The third kappa shape index (κ3) is 9.84. The second kappa shape index (κ2) is 14.2. The average Bonchev–Trinajstić information content (AvgIpc) is 2.92. The number of rotatable bonds is 12. The van der Waals surface area contributed by atoms with Crippen LogP contribution in [0.5, 0.6) is 0 Å². The van der Waals surface area contributed by atoms with E-state index >= 15 is 0 Å². The van der Waals surface area contributed by atoms with Crippen molar-refractivity contribution in [2.24, 2.45) is 5.73 Å². The molecule has 3 atom stereocenters. The van der Waals surface area contributed by atoms with E-state index in [-0.39, 0.29) is 24.4 Å². The molecule has 2 aromatic carbocycles. The number of hydrogen-bond acceptors (Lipinski definition) is 6. The summed E-state index contributed by atoms with van der Waals surface area (Å²) in [6, 6.07) is 18.8. The predicted octanol–water partition coefficient (Wildman–Crippen LogP) is 1.91. The zero-order valence-electron chi connectivity index (χ0n) is 23.5. The molecule has 3 aromatic rings. The first-order valence-electron chi connectivity index (χ1n) is 13.4. The number of primary amides is 1. The van der Waals surface area contributed by atoms with E-state index in [1.165, 1.54) is 12.3 Å². The van der Waals surface area contributed by atoms with Crippen molar-refractivity contribution in [3.8, 4) is 0 Å². The normalized spacial score (nSPS) is 13.4. The van der Waals surface area contributed by atoms with Gasteiger partial charge >= 0.3 is 0 Å². The number of nitrogens with one attached hydrogen (secondary N) is 3. The Labute approximate surface area is 239 Å². The van der Waals surface area contributed by atoms with Crippen molar-refractivity contribution in [2.45, 2.75) is 63.8 Å². The summed E-state index contributed by atoms with van der Waals surface area (Å²) < 4.78 is 0. The van der Waals surface area contributed by atoms with Crippen LogP contribution < -0.4 is 21.7 Å². The number of hydrogen-bond donors (Lipinski definition) is 5. The molecule has 0 spiro atoms. The van der Waals surface area contributed by atoms with Crippen LogP contribution in [0.25, 0.3) is 0 Å². The fraction of sp³-hybridized carbons (Fsp3) is 0.323. The van der Waals surface area contributed by atoms with Crippen LogP contribution in [0.15, 0.2) is 79.0 Å². The lowest BCUT2D eigenvalue weighted by molar-refractivity contribution is -0.128. The first-order valence-corrected chi connectivity index (χ1v) is 13.4. The smallest absolute Gasteiger partial charge is 0.270 e. The van der Waals surface area contributed by atoms with Gasteiger partial charge in [0, 0.05) is 23.7 Å². The Morgan fingerprint density at radius 1 is 0.854 bits per heavy atom. The van der Waals surface area contributed by atoms with Crippen LogP contribution in [0.4, 0.5) is 0 Å². The van der Waals surface area contributed by atoms with Gasteiger partial charge in [-0.1, -0.05) is 54.6 Å². The molecule has 1 aromatic heterocycles. The van der Waals surface area contributed by atoms with Crippen molar-refractivity contribution in [1.82, 2.24) is 20.9 Å². The first kappa shape index (κ1) is 31.0. The second-order valence-corrected chi connectivity index (χ2v) is 10.8. The Kier molecular flexibility index (Phi) is 10.7. The second-order valence-electron chi connectivity index (χ2n) is 10.8. The number of carbonyl (C=O) groups excluding carboxylic acids is 4. The number of aliphatic hydroxyl groups is 1. The standard InChI is InChI=1S/C31H37N5O5/c1-31(2,3)36-28(39)22-14-8-7-13-21(22)18-26(37)24(17-20-11-5-4-6-12-20)34-30(41)25(19-27(32)38)35-29(40)23-15-9-10-16-33-23/h4-16,24-26,37H,17-19H2,1-3H3,(H2,32,38)(H,34,41)(H,35,40)(H,36,39)/t24-,25-,26+/m0/s1. The van der Waals surface area contributed by atoms with E-state index in [2.05, 4.69) is 20.9 Å². The Balaban J connectivity index is 1.84. The molecular formula is C31H37N5O5. The maximum Gasteiger partial charge on any atom is 0.270 e. The number of nitrogens with zero attached hydrogens (tertiary/aromatic N) is 1. The fourth-order valence-electron chi connectivity index (χ4n) is 4.27. The average molecular weight is 560 g/mol. The third-order valence-electron chi connectivity index (χ3n) is 6.19. The van der Waals surface area contributed by atoms with E-state index in [1.807, 2.05) is 51.1 Å². The molecule has 10 nitrogen and oxygen atoms in total. The molecule has 41 heavy (non-hydrogen) atoms. The third-order valence-corrected chi connectivity index (χ3v) is 6.19. The fourth-order valence-corrected chi connectivity index (χ4v) is 4.27. The summed E-state index contributed by atoms with van der Waals surface area (Å²) in [4.78, 5) is 54.8. The minimum Gasteiger partial charge on any atom is -0.391 e. The number of nitrogens with two attached hydrogens (primary N) is 1. The molecular weight excluding hydrogens is 522 g/mol. The quantitative estimate of drug-likeness (QED) is 0.228. The van der Waals surface area contributed by atoms with Crippen molar-refractivity contribution in [2.75, 3.05) is 0 Å². The Morgan fingerprint density at radius 2 is 1.51 bits per heavy atom. The summed E-state index contributed by atoms with van der Waals surface area (Å²) in [5, 5.41) is 19.7. The zero-order chi connectivity index (χ0) is 30.0. The van der Waals surface area contributed by atoms with Crippen molar-refractivity contribution in [3.05, 3.63) is 101 Å². The summed E-state index contributed by atoms with van der Waals surface area (Å²) in [7, 11) is 0. The molecule has 0 saturated heterocycles. The largest absolute Gasteiger partial charge is 0.391 e. The maximum absolute atomic E-state index is 13.4. The van der Waals surface area contributed by atoms with E-state index in [9.17, 15) is 24.3 Å². The van der Waals surface area contributed by atoms with Crippen LogP contribution in [0, 0.1) is 0 Å². The number of pyridine rings is 1. The van der Waals surface area contributed by atoms with Gasteiger partial charge < -0.3 is 26.8 Å². The van der Waals surface area contributed by atoms with Gasteiger partial charge in [-0.05, 0) is 56.5 Å². The number of aliphatic hydroxyl groups excluding tert-OH is 1. The van der Waals surface area contributed by atoms with Crippen LogP contribution in [0.2, 0.25) is 0 Å². The van der Waals surface area contributed by atoms with Crippen LogP contribution >= 0.6 is 0 Å². The molecule has 4 amide bonds. The lowest BCUT2D eigenvalue weighted by Gasteiger charge is -2.28. The molecule has 3 rings (SSSR count). The molecule has 1 heterocycles. The summed E-state index contributed by atoms with van der Waals surface area (Å²) in [6.07, 6.45) is 0.176. The predicted molar refractivity (Wildman–Crippen MR) is 155 cm³/mol. The topological polar surface area (TPSA) is 164 Å². The molecule has 0 unspecified atom stereocenters. The molecule has 216 valence electrons. The minimum atomic E-state index is -1.29. The van der Waals surface area contributed by atoms with Gasteiger partial charge in [0.25, 0.3) is 11.8 Å². The van der Waals surface area contributed by atoms with Gasteiger partial charge in [0.05, 0.1) is 18.6 Å². The van der Waals surface area contributed by atoms with Crippen molar-refractivity contribution < 1.29 is 24.3 Å². The van der Waals surface area contributed by atoms with Gasteiger partial charge in [0.15, 0.2) is 0 Å². The SMILES string of the molecule is CC(C)(C)NC(=O)c1ccccc1C[C@@H](O)[C@H](Cc1ccccc1)NC(=O)[C@H](CC(N)=O)NC(=O)c1ccccn1. The van der Waals surface area contributed by atoms with Crippen LogP contribution in [0.3, 0.4) is 0 Å². The number of amides is 4. The molecule has 10 heteroatoms. The van der Waals surface area contributed by atoms with Crippen molar-refractivity contribution in [1.29, 1.82) is 0 Å². The lowest BCUT2D eigenvalue weighted by Crippen LogP contribution is -2.54. The molecule has 0 aliphatic rings. The first-order chi connectivity index (χ1) is 19.4. The van der Waals surface area contributed by atoms with Crippen LogP contribution in [-0.4, -0.2) is 57.4 Å². The highest BCUT2D eigenvalue weighted by molar-refractivity contribution is 5.98. The number of aromatic nitrogens is 1. The van der Waals surface area contributed by atoms with Gasteiger partial charge in [-0.2, -0.15) is 0 Å². The molecule has 6 N–H and O–H groups in total. The lowest BCUT2D eigenvalue weighted by atomic mass is 9.93. The molecule has 0 aliphatic heterocycles. The zero-order valence-corrected chi connectivity index (χ0v) is 23.5. The van der Waals surface area contributed by atoms with Gasteiger partial charge in [-0.25, -0.2) is 0 Å². The van der Waals surface area contributed by atoms with Crippen LogP contribution in [0.1, 0.15) is 59.2 Å². The number of carbonyl (C=O) groups is 4. The highest BCUT2D eigenvalue weighted by atomic mass is 16.3. The van der Waals surface area contributed by atoms with E-state index in [1.54, 1.807) is 36.4 Å². The van der Waals surface area contributed by atoms with Gasteiger partial charge in [0.2, 0.25) is 11.8 Å².